The van der Waals surface area contributed by atoms with E-state index in [4.69, 9.17) is 0 Å². The first-order valence-corrected chi connectivity index (χ1v) is 4.86. The summed E-state index contributed by atoms with van der Waals surface area (Å²) in [7, 11) is 2.80. The number of esters is 1. The molecule has 17 heavy (non-hydrogen) atoms. The summed E-state index contributed by atoms with van der Waals surface area (Å²) in [5.41, 5.74) is -0.280. The van der Waals surface area contributed by atoms with Gasteiger partial charge in [-0.25, -0.2) is 9.59 Å². The fourth-order valence-electron chi connectivity index (χ4n) is 1.61. The Morgan fingerprint density at radius 3 is 2.71 bits per heavy atom. The van der Waals surface area contributed by atoms with Gasteiger partial charge in [0.25, 0.3) is 5.56 Å². The van der Waals surface area contributed by atoms with Crippen molar-refractivity contribution in [1.82, 2.24) is 9.55 Å². The van der Waals surface area contributed by atoms with Crippen molar-refractivity contribution in [2.45, 2.75) is 0 Å². The topological polar surface area (TPSA) is 81.2 Å². The van der Waals surface area contributed by atoms with Gasteiger partial charge in [0.05, 0.1) is 23.6 Å². The number of nitrogens with one attached hydrogen (secondary N) is 1. The zero-order valence-electron chi connectivity index (χ0n) is 9.31. The molecule has 1 aromatic heterocycles. The van der Waals surface area contributed by atoms with Gasteiger partial charge in [0.2, 0.25) is 0 Å². The summed E-state index contributed by atoms with van der Waals surface area (Å²) in [5.74, 6) is -0.528. The van der Waals surface area contributed by atoms with Crippen molar-refractivity contribution in [3.8, 4) is 0 Å². The molecule has 0 saturated heterocycles. The Labute approximate surface area is 95.5 Å². The van der Waals surface area contributed by atoms with Crippen LogP contribution in [0.1, 0.15) is 10.4 Å². The molecule has 0 atom stereocenters. The molecule has 0 bridgehead atoms. The van der Waals surface area contributed by atoms with Gasteiger partial charge in [0, 0.05) is 7.05 Å². The van der Waals surface area contributed by atoms with E-state index in [0.717, 1.165) is 0 Å². The molecule has 0 spiro atoms. The number of rotatable bonds is 1. The highest BCUT2D eigenvalue weighted by Crippen LogP contribution is 2.10. The number of aryl methyl sites for hydroxylation is 1. The van der Waals surface area contributed by atoms with Gasteiger partial charge in [-0.1, -0.05) is 0 Å². The molecule has 0 aliphatic rings. The highest BCUT2D eigenvalue weighted by Gasteiger charge is 2.09. The van der Waals surface area contributed by atoms with Crippen LogP contribution in [-0.4, -0.2) is 22.6 Å². The van der Waals surface area contributed by atoms with Crippen molar-refractivity contribution in [2.75, 3.05) is 7.11 Å². The van der Waals surface area contributed by atoms with Crippen molar-refractivity contribution >= 4 is 16.9 Å². The largest absolute Gasteiger partial charge is 0.465 e. The van der Waals surface area contributed by atoms with E-state index in [-0.39, 0.29) is 10.9 Å². The van der Waals surface area contributed by atoms with Crippen LogP contribution in [0.4, 0.5) is 0 Å². The van der Waals surface area contributed by atoms with Crippen LogP contribution in [0, 0.1) is 0 Å². The summed E-state index contributed by atoms with van der Waals surface area (Å²) in [5, 5.41) is 0.273. The highest BCUT2D eigenvalue weighted by atomic mass is 16.5. The Hall–Kier alpha value is -2.37. The van der Waals surface area contributed by atoms with E-state index >= 15 is 0 Å². The Morgan fingerprint density at radius 2 is 2.06 bits per heavy atom. The van der Waals surface area contributed by atoms with Gasteiger partial charge in [-0.2, -0.15) is 0 Å². The predicted molar refractivity (Wildman–Crippen MR) is 61.1 cm³/mol. The summed E-state index contributed by atoms with van der Waals surface area (Å²) in [6.45, 7) is 0. The first kappa shape index (κ1) is 11.1. The minimum absolute atomic E-state index is 0.268. The fraction of sp³-hybridized carbons (Fsp3) is 0.182. The minimum Gasteiger partial charge on any atom is -0.465 e. The summed E-state index contributed by atoms with van der Waals surface area (Å²) >= 11 is 0. The molecule has 0 saturated carbocycles. The van der Waals surface area contributed by atoms with Crippen LogP contribution in [-0.2, 0) is 11.8 Å². The molecule has 0 radical (unpaired) electrons. The van der Waals surface area contributed by atoms with Gasteiger partial charge in [0.1, 0.15) is 0 Å². The van der Waals surface area contributed by atoms with Gasteiger partial charge in [-0.15, -0.1) is 0 Å². The number of hydrogen-bond donors (Lipinski definition) is 1. The number of methoxy groups -OCH3 is 1. The van der Waals surface area contributed by atoms with Crippen molar-refractivity contribution in [3.05, 3.63) is 44.6 Å². The zero-order chi connectivity index (χ0) is 12.6. The fourth-order valence-corrected chi connectivity index (χ4v) is 1.61. The lowest BCUT2D eigenvalue weighted by Gasteiger charge is -2.04. The molecule has 2 aromatic rings. The maximum absolute atomic E-state index is 11.6. The molecule has 2 rings (SSSR count). The number of carbonyl (C=O) groups is 1. The summed E-state index contributed by atoms with van der Waals surface area (Å²) in [6, 6.07) is 4.45. The van der Waals surface area contributed by atoms with E-state index in [2.05, 4.69) is 9.72 Å². The average molecular weight is 234 g/mol. The Bertz CT molecular complexity index is 711. The van der Waals surface area contributed by atoms with Crippen LogP contribution in [0.25, 0.3) is 10.9 Å². The third-order valence-corrected chi connectivity index (χ3v) is 2.55. The number of fused-ring (bicyclic) bond motifs is 1. The second kappa shape index (κ2) is 3.89. The van der Waals surface area contributed by atoms with E-state index < -0.39 is 17.2 Å². The number of H-pyrrole nitrogens is 1. The van der Waals surface area contributed by atoms with Crippen molar-refractivity contribution < 1.29 is 9.53 Å². The molecular weight excluding hydrogens is 224 g/mol. The molecule has 0 aliphatic carbocycles. The van der Waals surface area contributed by atoms with Crippen molar-refractivity contribution in [2.24, 2.45) is 7.05 Å². The zero-order valence-corrected chi connectivity index (χ0v) is 9.31. The number of carbonyl (C=O) groups excluding carboxylic acids is 1. The summed E-state index contributed by atoms with van der Waals surface area (Å²) < 4.78 is 5.86. The Kier molecular flexibility index (Phi) is 2.55. The maximum Gasteiger partial charge on any atom is 0.337 e. The number of benzene rings is 1. The maximum atomic E-state index is 11.6. The normalized spacial score (nSPS) is 10.5. The summed E-state index contributed by atoms with van der Waals surface area (Å²) in [6.07, 6.45) is 0. The molecular formula is C11H10N2O4. The lowest BCUT2D eigenvalue weighted by atomic mass is 10.1. The van der Waals surface area contributed by atoms with Crippen LogP contribution in [0.15, 0.2) is 27.8 Å². The van der Waals surface area contributed by atoms with E-state index in [1.54, 1.807) is 7.05 Å². The SMILES string of the molecule is COC(=O)c1ccc2c(c1)c(=O)[nH]c(=O)n2C. The number of hydrogen-bond acceptors (Lipinski definition) is 4. The third-order valence-electron chi connectivity index (χ3n) is 2.55. The van der Waals surface area contributed by atoms with Crippen LogP contribution in [0.2, 0.25) is 0 Å². The number of aromatic nitrogens is 2. The second-order valence-electron chi connectivity index (χ2n) is 3.54. The smallest absolute Gasteiger partial charge is 0.337 e. The lowest BCUT2D eigenvalue weighted by molar-refractivity contribution is 0.0601. The minimum atomic E-state index is -0.528. The van der Waals surface area contributed by atoms with Gasteiger partial charge < -0.3 is 4.74 Å². The Balaban J connectivity index is 2.84. The van der Waals surface area contributed by atoms with Gasteiger partial charge in [-0.05, 0) is 18.2 Å². The molecule has 6 heteroatoms. The number of ether oxygens (including phenoxy) is 1. The van der Waals surface area contributed by atoms with Crippen LogP contribution in [0.5, 0.6) is 0 Å². The molecule has 0 fully saturated rings. The summed E-state index contributed by atoms with van der Waals surface area (Å²) in [4.78, 5) is 36.4. The first-order valence-electron chi connectivity index (χ1n) is 4.86. The molecule has 0 aliphatic heterocycles. The molecule has 1 N–H and O–H groups in total. The standard InChI is InChI=1S/C11H10N2O4/c1-13-8-4-3-6(10(15)17-2)5-7(8)9(14)12-11(13)16/h3-5H,1-2H3,(H,12,14,16). The van der Waals surface area contributed by atoms with E-state index in [1.165, 1.54) is 29.9 Å². The molecule has 6 nitrogen and oxygen atoms in total. The molecule has 0 amide bonds. The van der Waals surface area contributed by atoms with Gasteiger partial charge in [0.15, 0.2) is 0 Å². The van der Waals surface area contributed by atoms with Crippen LogP contribution >= 0.6 is 0 Å². The highest BCUT2D eigenvalue weighted by molar-refractivity contribution is 5.94. The predicted octanol–water partition coefficient (Wildman–Crippen LogP) is 0.0134. The lowest BCUT2D eigenvalue weighted by Crippen LogP contribution is -2.28. The number of aromatic amines is 1. The Morgan fingerprint density at radius 1 is 1.35 bits per heavy atom. The number of nitrogens with zero attached hydrogens (tertiary/aromatic N) is 1. The van der Waals surface area contributed by atoms with Crippen LogP contribution < -0.4 is 11.2 Å². The van der Waals surface area contributed by atoms with Crippen molar-refractivity contribution in [3.63, 3.8) is 0 Å². The van der Waals surface area contributed by atoms with E-state index in [1.807, 2.05) is 0 Å². The molecule has 1 heterocycles. The van der Waals surface area contributed by atoms with E-state index in [9.17, 15) is 14.4 Å². The molecule has 0 unspecified atom stereocenters. The monoisotopic (exact) mass is 234 g/mol. The molecule has 1 aromatic carbocycles. The molecule has 88 valence electrons. The second-order valence-corrected chi connectivity index (χ2v) is 3.54. The quantitative estimate of drug-likeness (QED) is 0.705. The van der Waals surface area contributed by atoms with E-state index in [0.29, 0.717) is 5.52 Å². The van der Waals surface area contributed by atoms with Crippen molar-refractivity contribution in [1.29, 1.82) is 0 Å². The third kappa shape index (κ3) is 1.73. The average Bonchev–Trinajstić information content (AvgIpc) is 2.34. The first-order chi connectivity index (χ1) is 8.04. The van der Waals surface area contributed by atoms with Crippen LogP contribution in [0.3, 0.4) is 0 Å². The van der Waals surface area contributed by atoms with Gasteiger partial charge in [-0.3, -0.25) is 14.3 Å². The van der Waals surface area contributed by atoms with Gasteiger partial charge >= 0.3 is 11.7 Å².